The molecular weight excluding hydrogens is 418 g/mol. The average Bonchev–Trinajstić information content (AvgIpc) is 3.42. The first-order valence-electron chi connectivity index (χ1n) is 12.5. The van der Waals surface area contributed by atoms with Gasteiger partial charge in [0.05, 0.1) is 22.1 Å². The van der Waals surface area contributed by atoms with Crippen LogP contribution in [0.1, 0.15) is 40.5 Å². The number of imidazole rings is 2. The minimum Gasteiger partial charge on any atom is -0.322 e. The van der Waals surface area contributed by atoms with Crippen molar-refractivity contribution in [3.63, 3.8) is 0 Å². The van der Waals surface area contributed by atoms with Crippen LogP contribution < -0.4 is 0 Å². The predicted octanol–water partition coefficient (Wildman–Crippen LogP) is 7.21. The van der Waals surface area contributed by atoms with E-state index in [1.807, 2.05) is 12.1 Å². The molecule has 0 aliphatic rings. The summed E-state index contributed by atoms with van der Waals surface area (Å²) in [5.41, 5.74) is 6.12. The molecular formula is C29H33N5. The fraction of sp³-hybridized carbons (Fsp3) is 0.345. The first-order valence-corrected chi connectivity index (χ1v) is 12.5. The number of pyridine rings is 1. The second kappa shape index (κ2) is 9.41. The van der Waals surface area contributed by atoms with Gasteiger partial charge in [0.25, 0.3) is 0 Å². The van der Waals surface area contributed by atoms with Crippen molar-refractivity contribution in [2.45, 2.75) is 53.6 Å². The van der Waals surface area contributed by atoms with Crippen molar-refractivity contribution in [2.75, 3.05) is 0 Å². The fourth-order valence-electron chi connectivity index (χ4n) is 4.48. The standard InChI is InChI=1S/C29H33N5/c1-5-20(3)18-33-26-16-9-7-12-22(26)31-28(33)24-14-11-15-25(30-24)29-32-23-13-8-10-17-27(23)34(29)19-21(4)6-2/h7-17,20-21H,5-6,18-19H2,1-4H3/t20-,21?/m0/s1. The van der Waals surface area contributed by atoms with Gasteiger partial charge in [-0.2, -0.15) is 0 Å². The highest BCUT2D eigenvalue weighted by Gasteiger charge is 2.19. The number of nitrogens with zero attached hydrogens (tertiary/aromatic N) is 5. The molecule has 5 heteroatoms. The summed E-state index contributed by atoms with van der Waals surface area (Å²) in [6.45, 7) is 10.9. The summed E-state index contributed by atoms with van der Waals surface area (Å²) in [5, 5.41) is 0. The molecule has 0 bridgehead atoms. The Morgan fingerprint density at radius 1 is 0.588 bits per heavy atom. The molecule has 0 saturated carbocycles. The van der Waals surface area contributed by atoms with Crippen LogP contribution in [0.3, 0.4) is 0 Å². The van der Waals surface area contributed by atoms with Crippen LogP contribution >= 0.6 is 0 Å². The Labute approximate surface area is 201 Å². The molecule has 0 saturated heterocycles. The molecule has 0 fully saturated rings. The summed E-state index contributed by atoms with van der Waals surface area (Å²) >= 11 is 0. The van der Waals surface area contributed by atoms with Gasteiger partial charge < -0.3 is 9.13 Å². The first-order chi connectivity index (χ1) is 16.6. The fourth-order valence-corrected chi connectivity index (χ4v) is 4.48. The quantitative estimate of drug-likeness (QED) is 0.250. The lowest BCUT2D eigenvalue weighted by Gasteiger charge is -2.15. The van der Waals surface area contributed by atoms with Crippen LogP contribution in [0.4, 0.5) is 0 Å². The molecule has 1 unspecified atom stereocenters. The molecule has 0 aliphatic heterocycles. The van der Waals surface area contributed by atoms with Crippen LogP contribution in [0.15, 0.2) is 66.7 Å². The Hall–Kier alpha value is -3.47. The Kier molecular flexibility index (Phi) is 6.18. The van der Waals surface area contributed by atoms with Crippen LogP contribution in [-0.2, 0) is 13.1 Å². The van der Waals surface area contributed by atoms with E-state index in [2.05, 4.69) is 91.4 Å². The summed E-state index contributed by atoms with van der Waals surface area (Å²) in [5.74, 6) is 2.96. The van der Waals surface area contributed by atoms with Crippen molar-refractivity contribution in [2.24, 2.45) is 11.8 Å². The molecule has 3 aromatic heterocycles. The molecule has 174 valence electrons. The van der Waals surface area contributed by atoms with E-state index in [9.17, 15) is 0 Å². The molecule has 3 heterocycles. The molecule has 5 aromatic rings. The highest BCUT2D eigenvalue weighted by atomic mass is 15.1. The molecule has 0 spiro atoms. The molecule has 5 nitrogen and oxygen atoms in total. The lowest BCUT2D eigenvalue weighted by atomic mass is 10.1. The van der Waals surface area contributed by atoms with Gasteiger partial charge in [-0.25, -0.2) is 15.0 Å². The Morgan fingerprint density at radius 2 is 1.03 bits per heavy atom. The normalized spacial score (nSPS) is 13.5. The number of rotatable bonds is 8. The number of hydrogen-bond acceptors (Lipinski definition) is 3. The van der Waals surface area contributed by atoms with Crippen molar-refractivity contribution in [1.29, 1.82) is 0 Å². The Balaban J connectivity index is 1.65. The van der Waals surface area contributed by atoms with Crippen LogP contribution in [0, 0.1) is 11.8 Å². The molecule has 0 radical (unpaired) electrons. The summed E-state index contributed by atoms with van der Waals surface area (Å²) in [4.78, 5) is 15.1. The lowest BCUT2D eigenvalue weighted by molar-refractivity contribution is 0.478. The topological polar surface area (TPSA) is 48.5 Å². The van der Waals surface area contributed by atoms with Crippen molar-refractivity contribution in [1.82, 2.24) is 24.1 Å². The van der Waals surface area contributed by atoms with Gasteiger partial charge >= 0.3 is 0 Å². The molecule has 0 aliphatic carbocycles. The zero-order valence-electron chi connectivity index (χ0n) is 20.6. The number of aromatic nitrogens is 5. The van der Waals surface area contributed by atoms with Gasteiger partial charge in [0.2, 0.25) is 0 Å². The van der Waals surface area contributed by atoms with E-state index in [0.29, 0.717) is 11.8 Å². The zero-order chi connectivity index (χ0) is 23.7. The summed E-state index contributed by atoms with van der Waals surface area (Å²) < 4.78 is 4.66. The van der Waals surface area contributed by atoms with Gasteiger partial charge in [-0.05, 0) is 48.2 Å². The largest absolute Gasteiger partial charge is 0.322 e. The number of para-hydroxylation sites is 4. The van der Waals surface area contributed by atoms with E-state index in [-0.39, 0.29) is 0 Å². The SMILES string of the molecule is CCC(C)Cn1c(-c2cccc(-c3nc4ccccc4n3C[C@@H](C)CC)n2)nc2ccccc21. The number of hydrogen-bond donors (Lipinski definition) is 0. The van der Waals surface area contributed by atoms with E-state index < -0.39 is 0 Å². The van der Waals surface area contributed by atoms with Gasteiger partial charge in [-0.3, -0.25) is 0 Å². The highest BCUT2D eigenvalue weighted by Crippen LogP contribution is 2.29. The van der Waals surface area contributed by atoms with Gasteiger partial charge in [-0.1, -0.05) is 70.9 Å². The van der Waals surface area contributed by atoms with E-state index in [1.54, 1.807) is 0 Å². The molecule has 2 atom stereocenters. The summed E-state index contributed by atoms with van der Waals surface area (Å²) in [7, 11) is 0. The van der Waals surface area contributed by atoms with Crippen LogP contribution in [0.5, 0.6) is 0 Å². The molecule has 34 heavy (non-hydrogen) atoms. The second-order valence-corrected chi connectivity index (χ2v) is 9.50. The third-order valence-corrected chi connectivity index (χ3v) is 6.90. The monoisotopic (exact) mass is 451 g/mol. The van der Waals surface area contributed by atoms with Gasteiger partial charge in [-0.15, -0.1) is 0 Å². The lowest BCUT2D eigenvalue weighted by Crippen LogP contribution is -2.10. The van der Waals surface area contributed by atoms with Crippen molar-refractivity contribution >= 4 is 22.1 Å². The van der Waals surface area contributed by atoms with E-state index >= 15 is 0 Å². The number of benzene rings is 2. The van der Waals surface area contributed by atoms with Crippen LogP contribution in [0.25, 0.3) is 45.1 Å². The van der Waals surface area contributed by atoms with Crippen molar-refractivity contribution in [3.8, 4) is 23.0 Å². The molecule has 5 rings (SSSR count). The van der Waals surface area contributed by atoms with Gasteiger partial charge in [0.15, 0.2) is 11.6 Å². The molecule has 0 N–H and O–H groups in total. The van der Waals surface area contributed by atoms with Gasteiger partial charge in [0, 0.05) is 13.1 Å². The number of fused-ring (bicyclic) bond motifs is 2. The minimum atomic E-state index is 0.555. The van der Waals surface area contributed by atoms with E-state index in [1.165, 1.54) is 0 Å². The van der Waals surface area contributed by atoms with Crippen molar-refractivity contribution in [3.05, 3.63) is 66.7 Å². The van der Waals surface area contributed by atoms with Gasteiger partial charge in [0.1, 0.15) is 11.4 Å². The third-order valence-electron chi connectivity index (χ3n) is 6.90. The first kappa shape index (κ1) is 22.3. The highest BCUT2D eigenvalue weighted by molar-refractivity contribution is 5.82. The van der Waals surface area contributed by atoms with Crippen LogP contribution in [-0.4, -0.2) is 24.1 Å². The van der Waals surface area contributed by atoms with Crippen LogP contribution in [0.2, 0.25) is 0 Å². The average molecular weight is 452 g/mol. The maximum atomic E-state index is 5.12. The summed E-state index contributed by atoms with van der Waals surface area (Å²) in [6.07, 6.45) is 2.25. The zero-order valence-corrected chi connectivity index (χ0v) is 20.6. The smallest absolute Gasteiger partial charge is 0.159 e. The van der Waals surface area contributed by atoms with E-state index in [4.69, 9.17) is 15.0 Å². The molecule has 2 aromatic carbocycles. The maximum absolute atomic E-state index is 5.12. The minimum absolute atomic E-state index is 0.555. The van der Waals surface area contributed by atoms with Crippen molar-refractivity contribution < 1.29 is 0 Å². The molecule has 0 amide bonds. The Bertz CT molecular complexity index is 1320. The second-order valence-electron chi connectivity index (χ2n) is 9.50. The third kappa shape index (κ3) is 4.11. The maximum Gasteiger partial charge on any atom is 0.159 e. The van der Waals surface area contributed by atoms with E-state index in [0.717, 1.165) is 71.0 Å². The Morgan fingerprint density at radius 3 is 1.47 bits per heavy atom. The predicted molar refractivity (Wildman–Crippen MR) is 141 cm³/mol. The summed E-state index contributed by atoms with van der Waals surface area (Å²) in [6, 6.07) is 23.0.